The van der Waals surface area contributed by atoms with Gasteiger partial charge in [-0.05, 0) is 31.2 Å². The van der Waals surface area contributed by atoms with Crippen LogP contribution in [0.1, 0.15) is 17.5 Å². The number of nitrogens with zero attached hydrogens (tertiary/aromatic N) is 2. The van der Waals surface area contributed by atoms with Crippen molar-refractivity contribution in [2.75, 3.05) is 20.1 Å². The molecular weight excluding hydrogens is 341 g/mol. The summed E-state index contributed by atoms with van der Waals surface area (Å²) in [4.78, 5) is 2.32. The first-order chi connectivity index (χ1) is 11.0. The predicted molar refractivity (Wildman–Crippen MR) is 89.0 cm³/mol. The number of hydrogen-bond donors (Lipinski definition) is 2. The summed E-state index contributed by atoms with van der Waals surface area (Å²) in [5.74, 6) is 0. The third-order valence-corrected chi connectivity index (χ3v) is 4.29. The summed E-state index contributed by atoms with van der Waals surface area (Å²) < 4.78 is 37.9. The van der Waals surface area contributed by atoms with Gasteiger partial charge < -0.3 is 5.32 Å². The Morgan fingerprint density at radius 3 is 2.58 bits per heavy atom. The van der Waals surface area contributed by atoms with E-state index in [2.05, 4.69) is 20.4 Å². The Bertz CT molecular complexity index is 654. The van der Waals surface area contributed by atoms with Crippen LogP contribution < -0.4 is 5.32 Å². The molecule has 1 atom stereocenters. The van der Waals surface area contributed by atoms with Gasteiger partial charge in [-0.1, -0.05) is 12.1 Å². The maximum absolute atomic E-state index is 12.6. The Labute approximate surface area is 144 Å². The van der Waals surface area contributed by atoms with Crippen molar-refractivity contribution in [1.82, 2.24) is 20.4 Å². The minimum absolute atomic E-state index is 0. The van der Waals surface area contributed by atoms with Gasteiger partial charge in [0.05, 0.1) is 17.5 Å². The van der Waals surface area contributed by atoms with E-state index < -0.39 is 11.7 Å². The number of alkyl halides is 3. The number of halogens is 4. The van der Waals surface area contributed by atoms with Crippen LogP contribution in [0.15, 0.2) is 30.5 Å². The van der Waals surface area contributed by atoms with Crippen molar-refractivity contribution in [3.05, 3.63) is 41.6 Å². The molecule has 0 spiro atoms. The van der Waals surface area contributed by atoms with Crippen LogP contribution in [-0.4, -0.2) is 41.3 Å². The molecule has 24 heavy (non-hydrogen) atoms. The molecule has 1 fully saturated rings. The molecule has 1 aromatic carbocycles. The molecule has 0 saturated carbocycles. The Morgan fingerprint density at radius 1 is 1.29 bits per heavy atom. The lowest BCUT2D eigenvalue weighted by atomic mass is 10.1. The number of hydrogen-bond acceptors (Lipinski definition) is 3. The molecule has 0 amide bonds. The van der Waals surface area contributed by atoms with Gasteiger partial charge in [0.1, 0.15) is 0 Å². The standard InChI is InChI=1S/C16H19F3N4.ClH/c1-20-14-6-7-23(10-14)9-12-8-21-22-15(12)11-2-4-13(5-3-11)16(17,18)19;/h2-5,8,14,20H,6-7,9-10H2,1H3,(H,21,22);1H. The molecule has 1 aliphatic rings. The summed E-state index contributed by atoms with van der Waals surface area (Å²) in [6.07, 6.45) is -1.46. The average molecular weight is 361 g/mol. The number of aromatic amines is 1. The fourth-order valence-electron chi connectivity index (χ4n) is 2.96. The lowest BCUT2D eigenvalue weighted by Crippen LogP contribution is -2.29. The normalized spacial score (nSPS) is 18.6. The average Bonchev–Trinajstić information content (AvgIpc) is 3.16. The van der Waals surface area contributed by atoms with E-state index >= 15 is 0 Å². The number of aromatic nitrogens is 2. The molecule has 0 bridgehead atoms. The first kappa shape index (κ1) is 18.8. The zero-order valence-corrected chi connectivity index (χ0v) is 14.0. The second-order valence-corrected chi connectivity index (χ2v) is 5.85. The molecule has 0 radical (unpaired) electrons. The third kappa shape index (κ3) is 4.09. The van der Waals surface area contributed by atoms with Crippen LogP contribution in [0.4, 0.5) is 13.2 Å². The fourth-order valence-corrected chi connectivity index (χ4v) is 2.96. The van der Waals surface area contributed by atoms with Gasteiger partial charge in [0.25, 0.3) is 0 Å². The predicted octanol–water partition coefficient (Wildman–Crippen LogP) is 3.31. The van der Waals surface area contributed by atoms with E-state index in [1.54, 1.807) is 6.20 Å². The molecule has 4 nitrogen and oxygen atoms in total. The molecule has 2 aromatic rings. The zero-order valence-electron chi connectivity index (χ0n) is 13.2. The Kier molecular flexibility index (Phi) is 5.90. The van der Waals surface area contributed by atoms with Crippen molar-refractivity contribution in [2.24, 2.45) is 0 Å². The van der Waals surface area contributed by atoms with E-state index in [-0.39, 0.29) is 12.4 Å². The highest BCUT2D eigenvalue weighted by atomic mass is 35.5. The SMILES string of the molecule is CNC1CCN(Cc2cn[nH]c2-c2ccc(C(F)(F)F)cc2)C1.Cl. The van der Waals surface area contributed by atoms with Crippen molar-refractivity contribution in [3.63, 3.8) is 0 Å². The monoisotopic (exact) mass is 360 g/mol. The summed E-state index contributed by atoms with van der Waals surface area (Å²) in [6.45, 7) is 2.71. The van der Waals surface area contributed by atoms with Crippen molar-refractivity contribution >= 4 is 12.4 Å². The number of likely N-dealkylation sites (tertiary alicyclic amines) is 1. The molecule has 0 aliphatic carbocycles. The molecule has 1 unspecified atom stereocenters. The molecule has 1 aliphatic heterocycles. The number of rotatable bonds is 4. The number of H-pyrrole nitrogens is 1. The van der Waals surface area contributed by atoms with Gasteiger partial charge in [-0.15, -0.1) is 12.4 Å². The fraction of sp³-hybridized carbons (Fsp3) is 0.438. The minimum atomic E-state index is -4.31. The Hall–Kier alpha value is -1.57. The van der Waals surface area contributed by atoms with Gasteiger partial charge in [-0.25, -0.2) is 0 Å². The zero-order chi connectivity index (χ0) is 16.4. The largest absolute Gasteiger partial charge is 0.416 e. The van der Waals surface area contributed by atoms with Crippen LogP contribution in [-0.2, 0) is 12.7 Å². The van der Waals surface area contributed by atoms with Gasteiger partial charge in [0, 0.05) is 31.2 Å². The van der Waals surface area contributed by atoms with E-state index in [0.717, 1.165) is 55.0 Å². The van der Waals surface area contributed by atoms with E-state index in [4.69, 9.17) is 0 Å². The number of likely N-dealkylation sites (N-methyl/N-ethyl adjacent to an activating group) is 1. The van der Waals surface area contributed by atoms with Gasteiger partial charge in [-0.2, -0.15) is 18.3 Å². The van der Waals surface area contributed by atoms with E-state index in [9.17, 15) is 13.2 Å². The Morgan fingerprint density at radius 2 is 2.00 bits per heavy atom. The van der Waals surface area contributed by atoms with Crippen LogP contribution in [0.2, 0.25) is 0 Å². The van der Waals surface area contributed by atoms with Crippen molar-refractivity contribution < 1.29 is 13.2 Å². The van der Waals surface area contributed by atoms with Crippen LogP contribution in [0.5, 0.6) is 0 Å². The lowest BCUT2D eigenvalue weighted by Gasteiger charge is -2.16. The molecule has 2 N–H and O–H groups in total. The Balaban J connectivity index is 0.00000208. The summed E-state index contributed by atoms with van der Waals surface area (Å²) in [5, 5.41) is 10.2. The molecule has 1 saturated heterocycles. The van der Waals surface area contributed by atoms with Crippen molar-refractivity contribution in [1.29, 1.82) is 0 Å². The first-order valence-corrected chi connectivity index (χ1v) is 7.57. The number of benzene rings is 1. The van der Waals surface area contributed by atoms with Gasteiger partial charge in [0.2, 0.25) is 0 Å². The third-order valence-electron chi connectivity index (χ3n) is 4.29. The minimum Gasteiger partial charge on any atom is -0.316 e. The molecule has 3 rings (SSSR count). The van der Waals surface area contributed by atoms with Crippen LogP contribution in [0, 0.1) is 0 Å². The maximum Gasteiger partial charge on any atom is 0.416 e. The summed E-state index contributed by atoms with van der Waals surface area (Å²) >= 11 is 0. The van der Waals surface area contributed by atoms with Crippen molar-refractivity contribution in [2.45, 2.75) is 25.2 Å². The van der Waals surface area contributed by atoms with Crippen molar-refractivity contribution in [3.8, 4) is 11.3 Å². The highest BCUT2D eigenvalue weighted by molar-refractivity contribution is 5.85. The molecule has 1 aromatic heterocycles. The van der Waals surface area contributed by atoms with Crippen LogP contribution in [0.25, 0.3) is 11.3 Å². The van der Waals surface area contributed by atoms with Crippen LogP contribution >= 0.6 is 12.4 Å². The molecule has 8 heteroatoms. The van der Waals surface area contributed by atoms with E-state index in [1.807, 2.05) is 7.05 Å². The van der Waals surface area contributed by atoms with Gasteiger partial charge in [0.15, 0.2) is 0 Å². The van der Waals surface area contributed by atoms with Gasteiger partial charge in [-0.3, -0.25) is 10.00 Å². The van der Waals surface area contributed by atoms with Crippen LogP contribution in [0.3, 0.4) is 0 Å². The maximum atomic E-state index is 12.6. The molecule has 2 heterocycles. The summed E-state index contributed by atoms with van der Waals surface area (Å²) in [7, 11) is 1.96. The van der Waals surface area contributed by atoms with Gasteiger partial charge >= 0.3 is 6.18 Å². The highest BCUT2D eigenvalue weighted by Gasteiger charge is 2.30. The highest BCUT2D eigenvalue weighted by Crippen LogP contribution is 2.31. The lowest BCUT2D eigenvalue weighted by molar-refractivity contribution is -0.137. The quantitative estimate of drug-likeness (QED) is 0.879. The molecular formula is C16H20ClF3N4. The smallest absolute Gasteiger partial charge is 0.316 e. The van der Waals surface area contributed by atoms with E-state index in [0.29, 0.717) is 6.04 Å². The summed E-state index contributed by atoms with van der Waals surface area (Å²) in [5.41, 5.74) is 1.86. The second-order valence-electron chi connectivity index (χ2n) is 5.85. The second kappa shape index (κ2) is 7.55. The summed E-state index contributed by atoms with van der Waals surface area (Å²) in [6, 6.07) is 5.68. The topological polar surface area (TPSA) is 44.0 Å². The number of nitrogens with one attached hydrogen (secondary N) is 2. The molecule has 132 valence electrons. The first-order valence-electron chi connectivity index (χ1n) is 7.57. The van der Waals surface area contributed by atoms with E-state index in [1.165, 1.54) is 12.1 Å².